The van der Waals surface area contributed by atoms with Crippen LogP contribution in [-0.4, -0.2) is 13.7 Å². The Hall–Kier alpha value is -18.3. The van der Waals surface area contributed by atoms with Gasteiger partial charge in [-0.05, 0) is 282 Å². The van der Waals surface area contributed by atoms with Crippen LogP contribution in [0.25, 0.3) is 192 Å². The van der Waals surface area contributed by atoms with Crippen LogP contribution < -0.4 is 14.7 Å². The number of hydrogen-bond donors (Lipinski definition) is 0. The highest BCUT2D eigenvalue weighted by Gasteiger charge is 2.26. The Balaban J connectivity index is 0.000000113. The molecular weight excluding hydrogens is 1850 g/mol. The number of aromatic nitrogens is 3. The first-order valence-corrected chi connectivity index (χ1v) is 50.8. The second-order valence-electron chi connectivity index (χ2n) is 37.5. The molecule has 3 aromatic heterocycles. The van der Waals surface area contributed by atoms with E-state index in [1.54, 1.807) is 0 Å². The Morgan fingerprint density at radius 1 is 0.136 bits per heavy atom. The fourth-order valence-corrected chi connectivity index (χ4v) is 22.7. The van der Waals surface area contributed by atoms with E-state index in [2.05, 4.69) is 550 Å². The summed E-state index contributed by atoms with van der Waals surface area (Å²) in [6.45, 7) is 0. The highest BCUT2D eigenvalue weighted by Crippen LogP contribution is 2.50. The topological polar surface area (TPSA) is 24.5 Å². The van der Waals surface area contributed by atoms with Gasteiger partial charge in [0, 0.05) is 131 Å². The lowest BCUT2D eigenvalue weighted by atomic mass is 10.00. The second-order valence-corrected chi connectivity index (χ2v) is 38.8. The summed E-state index contributed by atoms with van der Waals surface area (Å²) in [4.78, 5) is 6.87. The van der Waals surface area contributed by atoms with Crippen molar-refractivity contribution in [3.05, 3.63) is 567 Å². The van der Waals surface area contributed by atoms with Gasteiger partial charge >= 0.3 is 0 Å². The molecule has 0 bridgehead atoms. The van der Waals surface area contributed by atoms with Crippen LogP contribution in [0.3, 0.4) is 0 Å². The van der Waals surface area contributed by atoms with Gasteiger partial charge in [-0.1, -0.05) is 393 Å². The maximum absolute atomic E-state index is 7.11. The van der Waals surface area contributed by atoms with E-state index < -0.39 is 0 Å². The zero-order chi connectivity index (χ0) is 97.9. The van der Waals surface area contributed by atoms with Gasteiger partial charge in [0.2, 0.25) is 0 Å². The minimum absolute atomic E-state index is 0.684. The molecule has 0 spiro atoms. The van der Waals surface area contributed by atoms with E-state index >= 15 is 0 Å². The average Bonchev–Trinajstić information content (AvgIpc) is 1.58. The van der Waals surface area contributed by atoms with Crippen LogP contribution in [0.1, 0.15) is 0 Å². The number of anilines is 9. The lowest BCUT2D eigenvalue weighted by Gasteiger charge is -2.28. The highest BCUT2D eigenvalue weighted by atomic mass is 35.5. The minimum atomic E-state index is 0.684. The lowest BCUT2D eigenvalue weighted by Crippen LogP contribution is -2.10. The van der Waals surface area contributed by atoms with Gasteiger partial charge in [-0.15, -0.1) is 0 Å². The number of rotatable bonds is 16. The van der Waals surface area contributed by atoms with Crippen molar-refractivity contribution in [1.82, 2.24) is 13.7 Å². The summed E-state index contributed by atoms with van der Waals surface area (Å²) < 4.78 is 7.23. The summed E-state index contributed by atoms with van der Waals surface area (Å²) in [5.74, 6) is 0. The first kappa shape index (κ1) is 88.9. The Morgan fingerprint density at radius 2 is 0.429 bits per heavy atom. The Bertz CT molecular complexity index is 9880. The molecule has 3 heterocycles. The molecule has 694 valence electrons. The Morgan fingerprint density at radius 3 is 0.844 bits per heavy atom. The van der Waals surface area contributed by atoms with Gasteiger partial charge in [0.05, 0.1) is 38.8 Å². The van der Waals surface area contributed by atoms with Gasteiger partial charge in [0.15, 0.2) is 0 Å². The summed E-state index contributed by atoms with van der Waals surface area (Å²) in [6, 6.07) is 197. The third-order valence-electron chi connectivity index (χ3n) is 28.7. The van der Waals surface area contributed by atoms with Crippen molar-refractivity contribution in [2.45, 2.75) is 0 Å². The van der Waals surface area contributed by atoms with E-state index in [-0.39, 0.29) is 0 Å². The second kappa shape index (κ2) is 38.2. The number of benzene rings is 25. The van der Waals surface area contributed by atoms with Crippen LogP contribution >= 0.6 is 34.8 Å². The third-order valence-corrected chi connectivity index (χ3v) is 29.3. The summed E-state index contributed by atoms with van der Waals surface area (Å²) in [7, 11) is 0. The molecule has 0 amide bonds. The van der Waals surface area contributed by atoms with Crippen molar-refractivity contribution in [2.75, 3.05) is 14.7 Å². The molecule has 9 heteroatoms. The van der Waals surface area contributed by atoms with Crippen LogP contribution in [0.5, 0.6) is 0 Å². The van der Waals surface area contributed by atoms with Gasteiger partial charge in [0.1, 0.15) is 0 Å². The van der Waals surface area contributed by atoms with Gasteiger partial charge in [-0.3, -0.25) is 0 Å². The molecule has 28 rings (SSSR count). The van der Waals surface area contributed by atoms with E-state index in [9.17, 15) is 0 Å². The maximum atomic E-state index is 7.11. The predicted molar refractivity (Wildman–Crippen MR) is 628 cm³/mol. The van der Waals surface area contributed by atoms with Crippen molar-refractivity contribution >= 4 is 216 Å². The van der Waals surface area contributed by atoms with Gasteiger partial charge in [-0.25, -0.2) is 0 Å². The molecule has 0 atom stereocenters. The molecule has 6 nitrogen and oxygen atoms in total. The first-order chi connectivity index (χ1) is 72.6. The van der Waals surface area contributed by atoms with Crippen LogP contribution in [0.15, 0.2) is 552 Å². The van der Waals surface area contributed by atoms with Crippen LogP contribution in [0.2, 0.25) is 15.1 Å². The van der Waals surface area contributed by atoms with Crippen molar-refractivity contribution in [2.24, 2.45) is 0 Å². The minimum Gasteiger partial charge on any atom is -0.310 e. The quantitative estimate of drug-likeness (QED) is 0.0964. The normalized spacial score (nSPS) is 11.5. The zero-order valence-electron chi connectivity index (χ0n) is 79.9. The molecule has 0 radical (unpaired) electrons. The monoisotopic (exact) mass is 1940 g/mol. The zero-order valence-corrected chi connectivity index (χ0v) is 82.1. The average molecular weight is 1940 g/mol. The number of para-hydroxylation sites is 5. The molecule has 0 N–H and O–H groups in total. The van der Waals surface area contributed by atoms with Crippen molar-refractivity contribution < 1.29 is 0 Å². The fourth-order valence-electron chi connectivity index (χ4n) is 22.0. The standard InChI is InChI=1S/C52H33ClN2.C46H31ClN2.C40H27ClN2/c53-42-28-41(31-45(33-42)54(43-24-20-34-10-1-3-14-38(34)29-43)50-19-9-16-36-12-5-7-17-46(36)50)40-23-27-51-49(32-40)48-26-22-37-13-6-8-18-47(37)52(48)55(51)44-25-21-35-11-2-4-15-39(35)30-44;47-37-28-36(29-41(31-37)48(38-15-6-2-7-16-38)40-24-20-33(21-25-40)32-12-4-1-5-13-32)35-23-27-45-44(30-35)43-26-22-34-14-10-11-19-42(34)46(43)49(45)39-17-8-3-9-18-39;41-31-24-30(25-35(27-31)42(32-13-4-1-5-14-32)33-15-6-2-7-16-33)29-21-23-39-38(26-29)37-22-20-28-12-10-11-19-36(28)40(37)43(39)34-17-8-3-9-18-34/h1-33H;1-31H;1-27H. The molecule has 0 saturated carbocycles. The lowest BCUT2D eigenvalue weighted by molar-refractivity contribution is 1.19. The summed E-state index contributed by atoms with van der Waals surface area (Å²) in [5, 5.41) is 24.0. The van der Waals surface area contributed by atoms with Crippen LogP contribution in [0.4, 0.5) is 51.2 Å². The SMILES string of the molecule is Clc1cc(-c2ccc3c(c2)c2ccc4ccccc4c2n3-c2ccc3ccccc3c2)cc(N(c2ccc3ccccc3c2)c2cccc3ccccc23)c1.Clc1cc(-c2ccc3c(c2)c2ccc4ccccc4c2n3-c2ccccc2)cc(N(c2ccccc2)c2ccc(-c3ccccc3)cc2)c1.Clc1cc(-c2ccc3c(c2)c2ccc4ccccc4c2n3-c2ccccc2)cc(N(c2ccccc2)c2ccccc2)c1. The van der Waals surface area contributed by atoms with E-state index in [0.29, 0.717) is 15.1 Å². The number of halogens is 3. The molecule has 25 aromatic carbocycles. The van der Waals surface area contributed by atoms with Gasteiger partial charge < -0.3 is 28.4 Å². The first-order valence-electron chi connectivity index (χ1n) is 49.7. The van der Waals surface area contributed by atoms with E-state index in [0.717, 1.165) is 102 Å². The fraction of sp³-hybridized carbons (Fsp3) is 0. The van der Waals surface area contributed by atoms with Crippen molar-refractivity contribution in [3.63, 3.8) is 0 Å². The molecule has 0 aliphatic carbocycles. The molecule has 0 unspecified atom stereocenters. The highest BCUT2D eigenvalue weighted by molar-refractivity contribution is 6.33. The molecule has 0 aliphatic heterocycles. The third kappa shape index (κ3) is 16.7. The van der Waals surface area contributed by atoms with Crippen LogP contribution in [0, 0.1) is 0 Å². The Kier molecular flexibility index (Phi) is 23.1. The van der Waals surface area contributed by atoms with Gasteiger partial charge in [0.25, 0.3) is 0 Å². The molecule has 147 heavy (non-hydrogen) atoms. The molecule has 0 fully saturated rings. The summed E-state index contributed by atoms with van der Waals surface area (Å²) in [6.07, 6.45) is 0. The number of fused-ring (bicyclic) bond motifs is 18. The van der Waals surface area contributed by atoms with Crippen LogP contribution in [-0.2, 0) is 0 Å². The molecule has 0 saturated heterocycles. The maximum Gasteiger partial charge on any atom is 0.0619 e. The number of nitrogens with zero attached hydrogens (tertiary/aromatic N) is 6. The molecule has 0 aliphatic rings. The Labute approximate surface area is 866 Å². The van der Waals surface area contributed by atoms with Crippen molar-refractivity contribution in [1.29, 1.82) is 0 Å². The molecular formula is C138H91Cl3N6. The molecule has 28 aromatic rings. The van der Waals surface area contributed by atoms with Crippen molar-refractivity contribution in [3.8, 4) is 61.6 Å². The van der Waals surface area contributed by atoms with E-state index in [1.165, 1.54) is 141 Å². The number of hydrogen-bond acceptors (Lipinski definition) is 3. The van der Waals surface area contributed by atoms with E-state index in [1.807, 2.05) is 30.3 Å². The van der Waals surface area contributed by atoms with Gasteiger partial charge in [-0.2, -0.15) is 0 Å². The predicted octanol–water partition coefficient (Wildman–Crippen LogP) is 40.3. The smallest absolute Gasteiger partial charge is 0.0619 e. The largest absolute Gasteiger partial charge is 0.310 e. The summed E-state index contributed by atoms with van der Waals surface area (Å²) in [5.41, 5.74) is 29.0. The van der Waals surface area contributed by atoms with E-state index in [4.69, 9.17) is 34.8 Å². The summed E-state index contributed by atoms with van der Waals surface area (Å²) >= 11 is 20.9.